The van der Waals surface area contributed by atoms with Crippen molar-refractivity contribution in [2.75, 3.05) is 0 Å². The highest BCUT2D eigenvalue weighted by molar-refractivity contribution is 5.96. The average Bonchev–Trinajstić information content (AvgIpc) is 2.17. The number of carbonyl (C=O) groups excluding carboxylic acids is 1. The Hall–Kier alpha value is -1.39. The molecule has 0 aliphatic carbocycles. The monoisotopic (exact) mass is 234 g/mol. The van der Waals surface area contributed by atoms with Crippen LogP contribution in [-0.4, -0.2) is 12.0 Å². The Labute approximate surface area is 90.1 Å². The molecule has 0 unspecified atom stereocenters. The summed E-state index contributed by atoms with van der Waals surface area (Å²) in [6.45, 7) is 1.45. The predicted molar refractivity (Wildman–Crippen MR) is 50.8 cm³/mol. The van der Waals surface area contributed by atoms with E-state index >= 15 is 0 Å². The lowest BCUT2D eigenvalue weighted by molar-refractivity contribution is -0.133. The summed E-state index contributed by atoms with van der Waals surface area (Å²) >= 11 is 0. The fourth-order valence-corrected chi connectivity index (χ4v) is 1.22. The number of hydrogen-bond acceptors (Lipinski definition) is 1. The van der Waals surface area contributed by atoms with E-state index in [-0.39, 0.29) is 11.1 Å². The van der Waals surface area contributed by atoms with Crippen LogP contribution >= 0.6 is 0 Å². The lowest BCUT2D eigenvalue weighted by atomic mass is 10.0. The summed E-state index contributed by atoms with van der Waals surface area (Å²) in [6, 6.07) is 3.53. The molecule has 0 fully saturated rings. The fraction of sp³-hybridized carbons (Fsp3) is 0.364. The molecule has 0 saturated heterocycles. The third-order valence-corrected chi connectivity index (χ3v) is 2.12. The molecule has 1 aromatic carbocycles. The van der Waals surface area contributed by atoms with Crippen LogP contribution in [0.1, 0.15) is 28.8 Å². The molecule has 5 heteroatoms. The molecule has 0 atom stereocenters. The molecular weight excluding hydrogens is 224 g/mol. The number of hydrogen-bond donors (Lipinski definition) is 0. The Morgan fingerprint density at radius 2 is 1.94 bits per heavy atom. The maximum absolute atomic E-state index is 12.8. The van der Waals surface area contributed by atoms with Crippen molar-refractivity contribution in [1.82, 2.24) is 0 Å². The average molecular weight is 234 g/mol. The van der Waals surface area contributed by atoms with Crippen LogP contribution in [0.4, 0.5) is 17.6 Å². The van der Waals surface area contributed by atoms with Crippen LogP contribution in [0.15, 0.2) is 18.2 Å². The van der Waals surface area contributed by atoms with Crippen LogP contribution in [0.3, 0.4) is 0 Å². The van der Waals surface area contributed by atoms with Crippen molar-refractivity contribution in [2.24, 2.45) is 0 Å². The second-order valence-corrected chi connectivity index (χ2v) is 3.50. The summed E-state index contributed by atoms with van der Waals surface area (Å²) in [7, 11) is 0. The van der Waals surface area contributed by atoms with Gasteiger partial charge in [-0.15, -0.1) is 0 Å². The van der Waals surface area contributed by atoms with Gasteiger partial charge in [0.05, 0.1) is 6.42 Å². The maximum atomic E-state index is 12.8. The van der Waals surface area contributed by atoms with Crippen LogP contribution in [0, 0.1) is 12.7 Å². The minimum Gasteiger partial charge on any atom is -0.294 e. The predicted octanol–water partition coefficient (Wildman–Crippen LogP) is 3.66. The molecule has 1 aromatic rings. The molecule has 0 heterocycles. The van der Waals surface area contributed by atoms with E-state index in [4.69, 9.17) is 0 Å². The van der Waals surface area contributed by atoms with Gasteiger partial charge in [-0.3, -0.25) is 4.79 Å². The quantitative estimate of drug-likeness (QED) is 0.576. The summed E-state index contributed by atoms with van der Waals surface area (Å²) < 4.78 is 48.4. The van der Waals surface area contributed by atoms with E-state index in [1.54, 1.807) is 0 Å². The second-order valence-electron chi connectivity index (χ2n) is 3.50. The van der Waals surface area contributed by atoms with Crippen LogP contribution in [-0.2, 0) is 0 Å². The third kappa shape index (κ3) is 3.64. The van der Waals surface area contributed by atoms with Gasteiger partial charge in [-0.2, -0.15) is 13.2 Å². The van der Waals surface area contributed by atoms with Gasteiger partial charge in [-0.05, 0) is 30.7 Å². The molecule has 0 spiro atoms. The highest BCUT2D eigenvalue weighted by Crippen LogP contribution is 2.23. The van der Waals surface area contributed by atoms with Gasteiger partial charge >= 0.3 is 6.18 Å². The van der Waals surface area contributed by atoms with Crippen molar-refractivity contribution in [2.45, 2.75) is 25.9 Å². The first-order valence-electron chi connectivity index (χ1n) is 4.66. The topological polar surface area (TPSA) is 17.1 Å². The Morgan fingerprint density at radius 1 is 1.31 bits per heavy atom. The smallest absolute Gasteiger partial charge is 0.294 e. The first-order valence-corrected chi connectivity index (χ1v) is 4.66. The van der Waals surface area contributed by atoms with Gasteiger partial charge in [0.2, 0.25) is 0 Å². The molecule has 0 aromatic heterocycles. The number of ketones is 1. The largest absolute Gasteiger partial charge is 0.389 e. The number of Topliss-reactive ketones (excluding diaryl/α,β-unsaturated/α-hetero) is 1. The van der Waals surface area contributed by atoms with Gasteiger partial charge in [0.25, 0.3) is 0 Å². The Bertz CT molecular complexity index is 395. The standard InChI is InChI=1S/C11H10F4O/c1-7-6-8(2-3-9(7)12)10(16)4-5-11(13,14)15/h2-3,6H,4-5H2,1H3. The van der Waals surface area contributed by atoms with Crippen molar-refractivity contribution >= 4 is 5.78 Å². The van der Waals surface area contributed by atoms with Gasteiger partial charge in [-0.25, -0.2) is 4.39 Å². The van der Waals surface area contributed by atoms with Gasteiger partial charge in [0.1, 0.15) is 5.82 Å². The summed E-state index contributed by atoms with van der Waals surface area (Å²) in [6.07, 6.45) is -6.10. The van der Waals surface area contributed by atoms with Crippen molar-refractivity contribution in [3.05, 3.63) is 35.1 Å². The van der Waals surface area contributed by atoms with Gasteiger partial charge in [-0.1, -0.05) is 0 Å². The van der Waals surface area contributed by atoms with Gasteiger partial charge in [0, 0.05) is 12.0 Å². The molecule has 0 amide bonds. The number of alkyl halides is 3. The first-order chi connectivity index (χ1) is 7.29. The lowest BCUT2D eigenvalue weighted by Gasteiger charge is -2.06. The first kappa shape index (κ1) is 12.7. The highest BCUT2D eigenvalue weighted by Gasteiger charge is 2.28. The minimum atomic E-state index is -4.34. The van der Waals surface area contributed by atoms with E-state index in [2.05, 4.69) is 0 Å². The molecule has 1 rings (SSSR count). The Kier molecular flexibility index (Phi) is 3.67. The number of rotatable bonds is 3. The zero-order valence-electron chi connectivity index (χ0n) is 8.57. The van der Waals surface area contributed by atoms with Crippen LogP contribution in [0.2, 0.25) is 0 Å². The summed E-state index contributed by atoms with van der Waals surface area (Å²) in [4.78, 5) is 11.3. The molecule has 1 nitrogen and oxygen atoms in total. The Morgan fingerprint density at radius 3 is 2.44 bits per heavy atom. The normalized spacial score (nSPS) is 11.6. The number of carbonyl (C=O) groups is 1. The van der Waals surface area contributed by atoms with Crippen molar-refractivity contribution in [1.29, 1.82) is 0 Å². The molecule has 0 N–H and O–H groups in total. The fourth-order valence-electron chi connectivity index (χ4n) is 1.22. The van der Waals surface area contributed by atoms with E-state index in [1.807, 2.05) is 0 Å². The van der Waals surface area contributed by atoms with E-state index < -0.39 is 30.6 Å². The lowest BCUT2D eigenvalue weighted by Crippen LogP contribution is -2.11. The summed E-state index contributed by atoms with van der Waals surface area (Å²) in [5, 5.41) is 0. The van der Waals surface area contributed by atoms with E-state index in [0.717, 1.165) is 6.07 Å². The molecular formula is C11H10F4O. The maximum Gasteiger partial charge on any atom is 0.389 e. The Balaban J connectivity index is 2.70. The molecule has 0 aliphatic rings. The minimum absolute atomic E-state index is 0.114. The van der Waals surface area contributed by atoms with Crippen LogP contribution in [0.5, 0.6) is 0 Å². The van der Waals surface area contributed by atoms with E-state index in [9.17, 15) is 22.4 Å². The number of benzene rings is 1. The van der Waals surface area contributed by atoms with Gasteiger partial charge in [0.15, 0.2) is 5.78 Å². The van der Waals surface area contributed by atoms with Crippen molar-refractivity contribution in [3.8, 4) is 0 Å². The van der Waals surface area contributed by atoms with E-state index in [0.29, 0.717) is 0 Å². The molecule has 0 bridgehead atoms. The van der Waals surface area contributed by atoms with Crippen LogP contribution < -0.4 is 0 Å². The molecule has 0 radical (unpaired) electrons. The van der Waals surface area contributed by atoms with Crippen molar-refractivity contribution < 1.29 is 22.4 Å². The highest BCUT2D eigenvalue weighted by atomic mass is 19.4. The summed E-state index contributed by atoms with van der Waals surface area (Å²) in [5.41, 5.74) is 0.362. The molecule has 88 valence electrons. The van der Waals surface area contributed by atoms with Crippen LogP contribution in [0.25, 0.3) is 0 Å². The van der Waals surface area contributed by atoms with E-state index in [1.165, 1.54) is 19.1 Å². The summed E-state index contributed by atoms with van der Waals surface area (Å²) in [5.74, 6) is -1.10. The molecule has 16 heavy (non-hydrogen) atoms. The third-order valence-electron chi connectivity index (χ3n) is 2.12. The van der Waals surface area contributed by atoms with Gasteiger partial charge < -0.3 is 0 Å². The second kappa shape index (κ2) is 4.63. The number of aryl methyl sites for hydroxylation is 1. The zero-order valence-corrected chi connectivity index (χ0v) is 8.57. The molecule has 0 aliphatic heterocycles. The zero-order chi connectivity index (χ0) is 12.3. The van der Waals surface area contributed by atoms with Crippen molar-refractivity contribution in [3.63, 3.8) is 0 Å². The number of halogens is 4. The molecule has 0 saturated carbocycles. The SMILES string of the molecule is Cc1cc(C(=O)CCC(F)(F)F)ccc1F.